The molecular formula is C15H18N4O3. The van der Waals surface area contributed by atoms with Gasteiger partial charge in [0.1, 0.15) is 0 Å². The zero-order valence-corrected chi connectivity index (χ0v) is 12.2. The van der Waals surface area contributed by atoms with Gasteiger partial charge in [-0.2, -0.15) is 4.98 Å². The molecule has 2 aromatic heterocycles. The minimum absolute atomic E-state index is 0.0615. The minimum atomic E-state index is 0.0615. The molecule has 0 aromatic carbocycles. The lowest BCUT2D eigenvalue weighted by atomic mass is 9.99. The Balaban J connectivity index is 1.48. The Hall–Kier alpha value is -2.28. The van der Waals surface area contributed by atoms with Crippen molar-refractivity contribution >= 4 is 5.91 Å². The molecule has 0 bridgehead atoms. The maximum atomic E-state index is 12.0. The van der Waals surface area contributed by atoms with Gasteiger partial charge in [0.2, 0.25) is 5.91 Å². The van der Waals surface area contributed by atoms with Crippen molar-refractivity contribution in [1.82, 2.24) is 20.4 Å². The quantitative estimate of drug-likeness (QED) is 0.893. The van der Waals surface area contributed by atoms with E-state index < -0.39 is 0 Å². The van der Waals surface area contributed by atoms with Crippen molar-refractivity contribution in [2.45, 2.75) is 19.3 Å². The molecule has 116 valence electrons. The number of pyridine rings is 1. The van der Waals surface area contributed by atoms with E-state index in [1.807, 2.05) is 12.1 Å². The maximum Gasteiger partial charge on any atom is 0.258 e. The molecule has 0 saturated carbocycles. The van der Waals surface area contributed by atoms with Crippen LogP contribution in [-0.2, 0) is 16.0 Å². The van der Waals surface area contributed by atoms with Crippen LogP contribution in [0.25, 0.3) is 11.5 Å². The lowest BCUT2D eigenvalue weighted by molar-refractivity contribution is -0.127. The topological polar surface area (TPSA) is 90.1 Å². The first-order valence-electron chi connectivity index (χ1n) is 7.41. The first kappa shape index (κ1) is 14.6. The third-order valence-corrected chi connectivity index (χ3v) is 3.64. The Morgan fingerprint density at radius 2 is 2.05 bits per heavy atom. The summed E-state index contributed by atoms with van der Waals surface area (Å²) in [6.45, 7) is 1.84. The monoisotopic (exact) mass is 302 g/mol. The molecule has 1 aliphatic heterocycles. The van der Waals surface area contributed by atoms with Crippen LogP contribution in [0.3, 0.4) is 0 Å². The fraction of sp³-hybridized carbons (Fsp3) is 0.467. The predicted molar refractivity (Wildman–Crippen MR) is 77.8 cm³/mol. The van der Waals surface area contributed by atoms with Crippen LogP contribution >= 0.6 is 0 Å². The Bertz CT molecular complexity index is 608. The molecule has 0 unspecified atom stereocenters. The highest BCUT2D eigenvalue weighted by atomic mass is 16.5. The molecule has 0 spiro atoms. The summed E-state index contributed by atoms with van der Waals surface area (Å²) < 4.78 is 10.5. The van der Waals surface area contributed by atoms with Crippen molar-refractivity contribution in [3.05, 3.63) is 30.4 Å². The zero-order chi connectivity index (χ0) is 15.2. The number of ether oxygens (including phenoxy) is 1. The molecular weight excluding hydrogens is 284 g/mol. The number of aromatic nitrogens is 3. The average Bonchev–Trinajstić information content (AvgIpc) is 3.05. The average molecular weight is 302 g/mol. The Morgan fingerprint density at radius 1 is 1.27 bits per heavy atom. The zero-order valence-electron chi connectivity index (χ0n) is 12.2. The second-order valence-corrected chi connectivity index (χ2v) is 5.18. The summed E-state index contributed by atoms with van der Waals surface area (Å²) in [6, 6.07) is 3.62. The third kappa shape index (κ3) is 3.67. The molecule has 0 atom stereocenters. The summed E-state index contributed by atoms with van der Waals surface area (Å²) >= 11 is 0. The van der Waals surface area contributed by atoms with Gasteiger partial charge < -0.3 is 14.6 Å². The lowest BCUT2D eigenvalue weighted by Gasteiger charge is -2.20. The molecule has 1 N–H and O–H groups in total. The molecule has 22 heavy (non-hydrogen) atoms. The number of amides is 1. The fourth-order valence-electron chi connectivity index (χ4n) is 2.37. The number of nitrogens with one attached hydrogen (secondary N) is 1. The molecule has 0 radical (unpaired) electrons. The highest BCUT2D eigenvalue weighted by Crippen LogP contribution is 2.16. The van der Waals surface area contributed by atoms with Gasteiger partial charge in [-0.3, -0.25) is 9.78 Å². The summed E-state index contributed by atoms with van der Waals surface area (Å²) in [5.74, 6) is 1.19. The summed E-state index contributed by atoms with van der Waals surface area (Å²) in [5, 5.41) is 6.85. The van der Waals surface area contributed by atoms with Gasteiger partial charge in [0.05, 0.1) is 0 Å². The van der Waals surface area contributed by atoms with Crippen LogP contribution in [0.1, 0.15) is 18.7 Å². The van der Waals surface area contributed by atoms with Crippen molar-refractivity contribution in [3.63, 3.8) is 0 Å². The lowest BCUT2D eigenvalue weighted by Crippen LogP contribution is -2.35. The second kappa shape index (κ2) is 7.13. The van der Waals surface area contributed by atoms with E-state index in [1.165, 1.54) is 0 Å². The van der Waals surface area contributed by atoms with Gasteiger partial charge >= 0.3 is 0 Å². The summed E-state index contributed by atoms with van der Waals surface area (Å²) in [6.07, 6.45) is 5.48. The highest BCUT2D eigenvalue weighted by molar-refractivity contribution is 5.78. The van der Waals surface area contributed by atoms with E-state index in [2.05, 4.69) is 20.4 Å². The fourth-order valence-corrected chi connectivity index (χ4v) is 2.37. The first-order chi connectivity index (χ1) is 10.8. The van der Waals surface area contributed by atoms with Crippen LogP contribution < -0.4 is 5.32 Å². The summed E-state index contributed by atoms with van der Waals surface area (Å²) in [7, 11) is 0. The van der Waals surface area contributed by atoms with Crippen molar-refractivity contribution in [3.8, 4) is 11.5 Å². The van der Waals surface area contributed by atoms with E-state index in [4.69, 9.17) is 9.26 Å². The van der Waals surface area contributed by atoms with Gasteiger partial charge in [0.25, 0.3) is 5.89 Å². The van der Waals surface area contributed by atoms with Gasteiger partial charge in [-0.25, -0.2) is 0 Å². The number of rotatable bonds is 5. The predicted octanol–water partition coefficient (Wildman–Crippen LogP) is 1.22. The Kier molecular flexibility index (Phi) is 4.75. The van der Waals surface area contributed by atoms with Crippen LogP contribution in [0.15, 0.2) is 29.0 Å². The number of hydrogen-bond donors (Lipinski definition) is 1. The van der Waals surface area contributed by atoms with E-state index >= 15 is 0 Å². The Morgan fingerprint density at radius 3 is 2.82 bits per heavy atom. The maximum absolute atomic E-state index is 12.0. The van der Waals surface area contributed by atoms with Crippen LogP contribution in [0.4, 0.5) is 0 Å². The SMILES string of the molecule is O=C(NCCc1noc(-c2ccncc2)n1)C1CCOCC1. The van der Waals surface area contributed by atoms with E-state index in [9.17, 15) is 4.79 Å². The van der Waals surface area contributed by atoms with E-state index in [-0.39, 0.29) is 11.8 Å². The van der Waals surface area contributed by atoms with Crippen LogP contribution in [-0.4, -0.2) is 40.8 Å². The minimum Gasteiger partial charge on any atom is -0.381 e. The number of hydrogen-bond acceptors (Lipinski definition) is 6. The van der Waals surface area contributed by atoms with Crippen LogP contribution in [0.2, 0.25) is 0 Å². The van der Waals surface area contributed by atoms with Crippen molar-refractivity contribution in [2.75, 3.05) is 19.8 Å². The molecule has 2 aromatic rings. The molecule has 7 heteroatoms. The van der Waals surface area contributed by atoms with Crippen molar-refractivity contribution in [2.24, 2.45) is 5.92 Å². The summed E-state index contributed by atoms with van der Waals surface area (Å²) in [5.41, 5.74) is 0.833. The number of carbonyl (C=O) groups is 1. The van der Waals surface area contributed by atoms with E-state index in [0.29, 0.717) is 37.9 Å². The van der Waals surface area contributed by atoms with Crippen molar-refractivity contribution < 1.29 is 14.1 Å². The Labute approximate surface area is 128 Å². The first-order valence-corrected chi connectivity index (χ1v) is 7.41. The van der Waals surface area contributed by atoms with Crippen LogP contribution in [0, 0.1) is 5.92 Å². The van der Waals surface area contributed by atoms with Gasteiger partial charge in [-0.15, -0.1) is 0 Å². The van der Waals surface area contributed by atoms with Gasteiger partial charge in [-0.1, -0.05) is 5.16 Å². The standard InChI is InChI=1S/C15H18N4O3/c20-14(11-4-9-21-10-5-11)17-8-3-13-18-15(22-19-13)12-1-6-16-7-2-12/h1-2,6-7,11H,3-5,8-10H2,(H,17,20). The molecule has 0 aliphatic carbocycles. The van der Waals surface area contributed by atoms with E-state index in [0.717, 1.165) is 18.4 Å². The molecule has 1 fully saturated rings. The molecule has 7 nitrogen and oxygen atoms in total. The molecule has 1 saturated heterocycles. The van der Waals surface area contributed by atoms with Gasteiger partial charge in [0.15, 0.2) is 5.82 Å². The van der Waals surface area contributed by atoms with Crippen molar-refractivity contribution in [1.29, 1.82) is 0 Å². The highest BCUT2D eigenvalue weighted by Gasteiger charge is 2.21. The van der Waals surface area contributed by atoms with E-state index in [1.54, 1.807) is 12.4 Å². The molecule has 3 heterocycles. The molecule has 1 aliphatic rings. The van der Waals surface area contributed by atoms with Crippen LogP contribution in [0.5, 0.6) is 0 Å². The summed E-state index contributed by atoms with van der Waals surface area (Å²) in [4.78, 5) is 20.2. The molecule has 1 amide bonds. The smallest absolute Gasteiger partial charge is 0.258 e. The number of nitrogens with zero attached hydrogens (tertiary/aromatic N) is 3. The normalized spacial score (nSPS) is 15.6. The van der Waals surface area contributed by atoms with Gasteiger partial charge in [0, 0.05) is 50.1 Å². The largest absolute Gasteiger partial charge is 0.381 e. The van der Waals surface area contributed by atoms with Gasteiger partial charge in [-0.05, 0) is 25.0 Å². The number of carbonyl (C=O) groups excluding carboxylic acids is 1. The molecule has 3 rings (SSSR count). The second-order valence-electron chi connectivity index (χ2n) is 5.18. The third-order valence-electron chi connectivity index (χ3n) is 3.64.